The van der Waals surface area contributed by atoms with Crippen LogP contribution in [-0.4, -0.2) is 28.2 Å². The first-order chi connectivity index (χ1) is 11.1. The first-order valence-corrected chi connectivity index (χ1v) is 7.13. The topological polar surface area (TPSA) is 75.2 Å². The molecule has 3 aromatic rings. The van der Waals surface area contributed by atoms with E-state index < -0.39 is 5.97 Å². The third-order valence-corrected chi connectivity index (χ3v) is 3.61. The Balaban J connectivity index is 2.07. The molecule has 3 rings (SSSR count). The van der Waals surface area contributed by atoms with Crippen molar-refractivity contribution in [2.75, 3.05) is 7.11 Å². The van der Waals surface area contributed by atoms with Crippen LogP contribution in [0, 0.1) is 6.92 Å². The maximum Gasteiger partial charge on any atom is 0.354 e. The van der Waals surface area contributed by atoms with Gasteiger partial charge in [0.2, 0.25) is 0 Å². The van der Waals surface area contributed by atoms with Crippen molar-refractivity contribution in [1.82, 2.24) is 9.97 Å². The highest BCUT2D eigenvalue weighted by molar-refractivity contribution is 5.94. The van der Waals surface area contributed by atoms with Gasteiger partial charge in [-0.05, 0) is 31.2 Å². The Morgan fingerprint density at radius 2 is 1.65 bits per heavy atom. The number of carboxylic acids is 1. The fraction of sp³-hybridized carbons (Fsp3) is 0.111. The van der Waals surface area contributed by atoms with Gasteiger partial charge >= 0.3 is 5.97 Å². The number of methoxy groups -OCH3 is 1. The Hall–Kier alpha value is -3.08. The van der Waals surface area contributed by atoms with Crippen LogP contribution in [0.25, 0.3) is 22.6 Å². The van der Waals surface area contributed by atoms with Gasteiger partial charge in [0.15, 0.2) is 5.69 Å². The molecule has 23 heavy (non-hydrogen) atoms. The number of ether oxygens (including phenoxy) is 1. The van der Waals surface area contributed by atoms with Crippen LogP contribution in [0.2, 0.25) is 0 Å². The van der Waals surface area contributed by atoms with Crippen LogP contribution < -0.4 is 4.74 Å². The summed E-state index contributed by atoms with van der Waals surface area (Å²) in [6.45, 7) is 1.98. The summed E-state index contributed by atoms with van der Waals surface area (Å²) in [4.78, 5) is 18.9. The highest BCUT2D eigenvalue weighted by Crippen LogP contribution is 2.27. The normalized spacial score (nSPS) is 10.5. The van der Waals surface area contributed by atoms with E-state index in [9.17, 15) is 9.90 Å². The van der Waals surface area contributed by atoms with Gasteiger partial charge in [0.1, 0.15) is 17.3 Å². The molecule has 0 unspecified atom stereocenters. The number of hydrogen-bond donors (Lipinski definition) is 2. The lowest BCUT2D eigenvalue weighted by atomic mass is 10.1. The number of imidazole rings is 1. The van der Waals surface area contributed by atoms with Crippen LogP contribution in [0.1, 0.15) is 16.1 Å². The lowest BCUT2D eigenvalue weighted by Gasteiger charge is -2.00. The van der Waals surface area contributed by atoms with Crippen molar-refractivity contribution < 1.29 is 14.6 Å². The van der Waals surface area contributed by atoms with E-state index in [1.807, 2.05) is 55.5 Å². The van der Waals surface area contributed by atoms with Crippen molar-refractivity contribution in [3.05, 3.63) is 59.8 Å². The van der Waals surface area contributed by atoms with Gasteiger partial charge < -0.3 is 14.8 Å². The second kappa shape index (κ2) is 5.96. The van der Waals surface area contributed by atoms with Gasteiger partial charge in [-0.15, -0.1) is 0 Å². The second-order valence-electron chi connectivity index (χ2n) is 5.21. The van der Waals surface area contributed by atoms with Gasteiger partial charge in [-0.3, -0.25) is 0 Å². The highest BCUT2D eigenvalue weighted by Gasteiger charge is 2.18. The zero-order valence-corrected chi connectivity index (χ0v) is 12.8. The highest BCUT2D eigenvalue weighted by atomic mass is 16.5. The minimum absolute atomic E-state index is 0.0830. The number of nitrogens with zero attached hydrogens (tertiary/aromatic N) is 1. The quantitative estimate of drug-likeness (QED) is 0.769. The smallest absolute Gasteiger partial charge is 0.354 e. The number of aromatic carboxylic acids is 1. The Bertz CT molecular complexity index is 834. The van der Waals surface area contributed by atoms with Crippen molar-refractivity contribution in [2.45, 2.75) is 6.92 Å². The molecule has 2 N–H and O–H groups in total. The van der Waals surface area contributed by atoms with E-state index in [0.29, 0.717) is 11.5 Å². The lowest BCUT2D eigenvalue weighted by molar-refractivity contribution is 0.0692. The van der Waals surface area contributed by atoms with Crippen molar-refractivity contribution in [2.24, 2.45) is 0 Å². The van der Waals surface area contributed by atoms with Crippen molar-refractivity contribution in [3.8, 4) is 28.4 Å². The van der Waals surface area contributed by atoms with Crippen LogP contribution >= 0.6 is 0 Å². The molecular formula is C18H16N2O3. The van der Waals surface area contributed by atoms with Crippen LogP contribution in [0.15, 0.2) is 48.5 Å². The first kappa shape index (κ1) is 14.8. The molecule has 0 spiro atoms. The Labute approximate surface area is 133 Å². The molecule has 0 fully saturated rings. The Morgan fingerprint density at radius 1 is 1.04 bits per heavy atom. The van der Waals surface area contributed by atoms with Gasteiger partial charge in [0.25, 0.3) is 0 Å². The molecule has 0 aliphatic rings. The number of aromatic amines is 1. The van der Waals surface area contributed by atoms with E-state index in [-0.39, 0.29) is 5.69 Å². The zero-order valence-electron chi connectivity index (χ0n) is 12.8. The summed E-state index contributed by atoms with van der Waals surface area (Å²) in [6.07, 6.45) is 0. The maximum absolute atomic E-state index is 11.5. The molecule has 0 aliphatic carbocycles. The number of carbonyl (C=O) groups is 1. The van der Waals surface area contributed by atoms with E-state index in [0.717, 1.165) is 22.4 Å². The van der Waals surface area contributed by atoms with Crippen LogP contribution in [0.3, 0.4) is 0 Å². The molecule has 0 saturated carbocycles. The van der Waals surface area contributed by atoms with E-state index in [4.69, 9.17) is 4.74 Å². The van der Waals surface area contributed by atoms with Crippen LogP contribution in [0.4, 0.5) is 0 Å². The van der Waals surface area contributed by atoms with Gasteiger partial charge in [-0.2, -0.15) is 0 Å². The monoisotopic (exact) mass is 308 g/mol. The van der Waals surface area contributed by atoms with Gasteiger partial charge in [-0.25, -0.2) is 9.78 Å². The molecule has 116 valence electrons. The van der Waals surface area contributed by atoms with Crippen molar-refractivity contribution >= 4 is 5.97 Å². The molecule has 0 bridgehead atoms. The summed E-state index contributed by atoms with van der Waals surface area (Å²) < 4.78 is 5.13. The lowest BCUT2D eigenvalue weighted by Crippen LogP contribution is -1.99. The molecule has 1 heterocycles. The average molecular weight is 308 g/mol. The second-order valence-corrected chi connectivity index (χ2v) is 5.21. The molecule has 0 atom stereocenters. The summed E-state index contributed by atoms with van der Waals surface area (Å²) in [5.74, 6) is 0.214. The number of aromatic nitrogens is 2. The van der Waals surface area contributed by atoms with Crippen LogP contribution in [-0.2, 0) is 0 Å². The van der Waals surface area contributed by atoms with Gasteiger partial charge in [-0.1, -0.05) is 29.8 Å². The summed E-state index contributed by atoms with van der Waals surface area (Å²) >= 11 is 0. The Morgan fingerprint density at radius 3 is 2.22 bits per heavy atom. The summed E-state index contributed by atoms with van der Waals surface area (Å²) in [5, 5.41) is 9.43. The number of hydrogen-bond acceptors (Lipinski definition) is 3. The minimum Gasteiger partial charge on any atom is -0.497 e. The SMILES string of the molecule is COc1ccc(-c2nc(-c3ccc(C)cc3)c(C(=O)O)[nH]2)cc1. The van der Waals surface area contributed by atoms with Gasteiger partial charge in [0.05, 0.1) is 7.11 Å². The molecule has 1 aromatic heterocycles. The van der Waals surface area contributed by atoms with E-state index in [1.54, 1.807) is 7.11 Å². The minimum atomic E-state index is -1.03. The maximum atomic E-state index is 11.5. The Kier molecular flexibility index (Phi) is 3.85. The zero-order chi connectivity index (χ0) is 16.4. The molecule has 0 amide bonds. The van der Waals surface area contributed by atoms with E-state index in [2.05, 4.69) is 9.97 Å². The van der Waals surface area contributed by atoms with Crippen molar-refractivity contribution in [3.63, 3.8) is 0 Å². The number of nitrogens with one attached hydrogen (secondary N) is 1. The van der Waals surface area contributed by atoms with E-state index in [1.165, 1.54) is 0 Å². The summed E-state index contributed by atoms with van der Waals surface area (Å²) in [7, 11) is 1.60. The predicted octanol–water partition coefficient (Wildman–Crippen LogP) is 3.76. The standard InChI is InChI=1S/C18H16N2O3/c1-11-3-5-12(6-4-11)15-16(18(21)22)20-17(19-15)13-7-9-14(23-2)10-8-13/h3-10H,1-2H3,(H,19,20)(H,21,22). The summed E-state index contributed by atoms with van der Waals surface area (Å²) in [5.41, 5.74) is 3.19. The number of benzene rings is 2. The van der Waals surface area contributed by atoms with E-state index >= 15 is 0 Å². The third kappa shape index (κ3) is 2.94. The van der Waals surface area contributed by atoms with Gasteiger partial charge in [0, 0.05) is 11.1 Å². The molecule has 5 nitrogen and oxygen atoms in total. The molecule has 5 heteroatoms. The number of aryl methyl sites for hydroxylation is 1. The summed E-state index contributed by atoms with van der Waals surface area (Å²) in [6, 6.07) is 14.9. The fourth-order valence-electron chi connectivity index (χ4n) is 2.33. The first-order valence-electron chi connectivity index (χ1n) is 7.13. The largest absolute Gasteiger partial charge is 0.497 e. The third-order valence-electron chi connectivity index (χ3n) is 3.61. The number of H-pyrrole nitrogens is 1. The molecule has 0 radical (unpaired) electrons. The number of rotatable bonds is 4. The fourth-order valence-corrected chi connectivity index (χ4v) is 2.33. The predicted molar refractivity (Wildman–Crippen MR) is 87.7 cm³/mol. The molecule has 0 aliphatic heterocycles. The van der Waals surface area contributed by atoms with Crippen LogP contribution in [0.5, 0.6) is 5.75 Å². The molecule has 2 aromatic carbocycles. The molecular weight excluding hydrogens is 292 g/mol. The average Bonchev–Trinajstić information content (AvgIpc) is 3.01. The molecule has 0 saturated heterocycles. The van der Waals surface area contributed by atoms with Crippen molar-refractivity contribution in [1.29, 1.82) is 0 Å². The number of carboxylic acid groups (broad SMARTS) is 1.